The number of carbonyl (C=O) groups is 2. The number of rotatable bonds is 9. The Hall–Kier alpha value is -1.92. The van der Waals surface area contributed by atoms with Crippen LogP contribution in [0.4, 0.5) is 0 Å². The lowest BCUT2D eigenvalue weighted by Crippen LogP contribution is -2.45. The van der Waals surface area contributed by atoms with Crippen LogP contribution >= 0.6 is 0 Å². The highest BCUT2D eigenvalue weighted by Gasteiger charge is 2.33. The van der Waals surface area contributed by atoms with Crippen LogP contribution in [0.25, 0.3) is 0 Å². The zero-order valence-corrected chi connectivity index (χ0v) is 16.8. The van der Waals surface area contributed by atoms with Crippen LogP contribution in [0.15, 0.2) is 30.3 Å². The summed E-state index contributed by atoms with van der Waals surface area (Å²) >= 11 is 0. The normalized spacial score (nSPS) is 20.3. The Balaban J connectivity index is 1.97. The molecule has 2 rings (SSSR count). The summed E-state index contributed by atoms with van der Waals surface area (Å²) in [7, 11) is 6.22. The number of hydrogen-bond acceptors (Lipinski definition) is 4. The zero-order valence-electron chi connectivity index (χ0n) is 16.8. The number of likely N-dealkylation sites (N-methyl/N-ethyl adjacent to an activating group) is 2. The molecule has 0 bridgehead atoms. The highest BCUT2D eigenvalue weighted by Crippen LogP contribution is 2.30. The fourth-order valence-electron chi connectivity index (χ4n) is 3.72. The molecule has 0 aliphatic carbocycles. The van der Waals surface area contributed by atoms with E-state index in [0.29, 0.717) is 18.7 Å². The van der Waals surface area contributed by atoms with Gasteiger partial charge in [-0.3, -0.25) is 9.59 Å². The van der Waals surface area contributed by atoms with Gasteiger partial charge in [0.05, 0.1) is 0 Å². The van der Waals surface area contributed by atoms with Gasteiger partial charge in [-0.25, -0.2) is 0 Å². The number of benzene rings is 1. The number of hydrogen-bond donors (Lipinski definition) is 1. The highest BCUT2D eigenvalue weighted by atomic mass is 16.4. The van der Waals surface area contributed by atoms with Crippen molar-refractivity contribution in [1.82, 2.24) is 14.7 Å². The van der Waals surface area contributed by atoms with Gasteiger partial charge >= 0.3 is 5.97 Å². The molecule has 1 aromatic carbocycles. The third-order valence-electron chi connectivity index (χ3n) is 5.45. The molecule has 1 heterocycles. The maximum atomic E-state index is 12.8. The Labute approximate surface area is 162 Å². The molecule has 0 unspecified atom stereocenters. The summed E-state index contributed by atoms with van der Waals surface area (Å²) in [6, 6.07) is 9.34. The van der Waals surface area contributed by atoms with E-state index in [9.17, 15) is 14.7 Å². The van der Waals surface area contributed by atoms with Crippen LogP contribution in [0, 0.1) is 11.8 Å². The van der Waals surface area contributed by atoms with Crippen LogP contribution in [-0.4, -0.2) is 85.5 Å². The van der Waals surface area contributed by atoms with Gasteiger partial charge in [-0.1, -0.05) is 18.2 Å². The van der Waals surface area contributed by atoms with Crippen LogP contribution in [0.3, 0.4) is 0 Å². The van der Waals surface area contributed by atoms with Crippen LogP contribution in [0.5, 0.6) is 0 Å². The molecular weight excluding hydrogens is 342 g/mol. The van der Waals surface area contributed by atoms with E-state index in [2.05, 4.69) is 30.9 Å². The average Bonchev–Trinajstić information content (AvgIpc) is 2.65. The zero-order chi connectivity index (χ0) is 19.8. The first-order valence-electron chi connectivity index (χ1n) is 9.76. The molecule has 1 aliphatic heterocycles. The summed E-state index contributed by atoms with van der Waals surface area (Å²) in [5.74, 6) is -0.321. The van der Waals surface area contributed by atoms with Crippen molar-refractivity contribution in [2.24, 2.45) is 11.8 Å². The molecule has 6 nitrogen and oxygen atoms in total. The number of nitrogens with zero attached hydrogens (tertiary/aromatic N) is 3. The number of carbonyl (C=O) groups excluding carboxylic acids is 1. The molecule has 0 saturated carbocycles. The second-order valence-corrected chi connectivity index (χ2v) is 7.92. The molecular formula is C21H33N3O3. The van der Waals surface area contributed by atoms with E-state index >= 15 is 0 Å². The van der Waals surface area contributed by atoms with Gasteiger partial charge in [-0.05, 0) is 64.5 Å². The van der Waals surface area contributed by atoms with Crippen molar-refractivity contribution in [2.45, 2.75) is 19.3 Å². The van der Waals surface area contributed by atoms with Gasteiger partial charge in [0, 0.05) is 38.2 Å². The predicted molar refractivity (Wildman–Crippen MR) is 107 cm³/mol. The van der Waals surface area contributed by atoms with Gasteiger partial charge < -0.3 is 19.8 Å². The fourth-order valence-corrected chi connectivity index (χ4v) is 3.72. The third-order valence-corrected chi connectivity index (χ3v) is 5.45. The number of carboxylic acids is 1. The first kappa shape index (κ1) is 21.4. The second-order valence-electron chi connectivity index (χ2n) is 7.92. The van der Waals surface area contributed by atoms with Crippen molar-refractivity contribution in [3.05, 3.63) is 35.9 Å². The maximum Gasteiger partial charge on any atom is 0.303 e. The highest BCUT2D eigenvalue weighted by molar-refractivity contribution is 5.94. The smallest absolute Gasteiger partial charge is 0.303 e. The van der Waals surface area contributed by atoms with Crippen molar-refractivity contribution in [3.63, 3.8) is 0 Å². The summed E-state index contributed by atoms with van der Waals surface area (Å²) in [5.41, 5.74) is 0.705. The summed E-state index contributed by atoms with van der Waals surface area (Å²) in [4.78, 5) is 30.4. The molecule has 6 heteroatoms. The molecule has 0 radical (unpaired) electrons. The Morgan fingerprint density at radius 3 is 2.41 bits per heavy atom. The summed E-state index contributed by atoms with van der Waals surface area (Å²) in [5, 5.41) is 9.26. The quantitative estimate of drug-likeness (QED) is 0.716. The van der Waals surface area contributed by atoms with Gasteiger partial charge in [0.2, 0.25) is 0 Å². The van der Waals surface area contributed by atoms with E-state index in [1.807, 2.05) is 35.2 Å². The average molecular weight is 376 g/mol. The number of carboxylic acid groups (broad SMARTS) is 1. The second kappa shape index (κ2) is 10.4. The first-order valence-corrected chi connectivity index (χ1v) is 9.76. The Kier molecular flexibility index (Phi) is 8.25. The molecule has 2 atom stereocenters. The van der Waals surface area contributed by atoms with Gasteiger partial charge in [0.15, 0.2) is 0 Å². The first-order chi connectivity index (χ1) is 12.9. The van der Waals surface area contributed by atoms with E-state index < -0.39 is 5.97 Å². The van der Waals surface area contributed by atoms with Gasteiger partial charge in [0.25, 0.3) is 5.91 Å². The molecule has 1 aliphatic rings. The molecule has 0 spiro atoms. The van der Waals surface area contributed by atoms with E-state index in [4.69, 9.17) is 0 Å². The molecule has 1 N–H and O–H groups in total. The Bertz CT molecular complexity index is 606. The van der Waals surface area contributed by atoms with Crippen LogP contribution in [0.1, 0.15) is 29.6 Å². The van der Waals surface area contributed by atoms with Crippen LogP contribution in [0.2, 0.25) is 0 Å². The molecule has 0 aromatic heterocycles. The number of piperidine rings is 1. The molecule has 27 heavy (non-hydrogen) atoms. The summed E-state index contributed by atoms with van der Waals surface area (Å²) < 4.78 is 0. The summed E-state index contributed by atoms with van der Waals surface area (Å²) in [6.07, 6.45) is 1.87. The van der Waals surface area contributed by atoms with Crippen molar-refractivity contribution in [2.75, 3.05) is 53.9 Å². The summed E-state index contributed by atoms with van der Waals surface area (Å²) in [6.45, 7) is 4.18. The minimum absolute atomic E-state index is 0.0512. The van der Waals surface area contributed by atoms with Crippen molar-refractivity contribution < 1.29 is 14.7 Å². The topological polar surface area (TPSA) is 64.1 Å². The number of likely N-dealkylation sites (tertiary alicyclic amines) is 1. The Morgan fingerprint density at radius 1 is 1.07 bits per heavy atom. The van der Waals surface area contributed by atoms with Crippen molar-refractivity contribution in [3.8, 4) is 0 Å². The van der Waals surface area contributed by atoms with Gasteiger partial charge in [-0.2, -0.15) is 0 Å². The number of amides is 1. The molecule has 1 aromatic rings. The lowest BCUT2D eigenvalue weighted by atomic mass is 9.81. The van der Waals surface area contributed by atoms with E-state index in [1.54, 1.807) is 0 Å². The van der Waals surface area contributed by atoms with E-state index in [-0.39, 0.29) is 24.2 Å². The van der Waals surface area contributed by atoms with Crippen molar-refractivity contribution >= 4 is 11.9 Å². The van der Waals surface area contributed by atoms with E-state index in [0.717, 1.165) is 32.5 Å². The monoisotopic (exact) mass is 375 g/mol. The lowest BCUT2D eigenvalue weighted by Gasteiger charge is -2.39. The molecule has 150 valence electrons. The minimum Gasteiger partial charge on any atom is -0.481 e. The Morgan fingerprint density at radius 2 is 1.78 bits per heavy atom. The van der Waals surface area contributed by atoms with Crippen LogP contribution < -0.4 is 0 Å². The number of aliphatic carboxylic acids is 1. The standard InChI is InChI=1S/C21H33N3O3/c1-22(2)13-14-23(3)11-9-19-16-24(12-10-18(19)15-20(25)26)21(27)17-7-5-4-6-8-17/h4-8,18-19H,9-16H2,1-3H3,(H,25,26)/t18-,19+/m0/s1. The third kappa shape index (κ3) is 6.96. The van der Waals surface area contributed by atoms with Crippen molar-refractivity contribution in [1.29, 1.82) is 0 Å². The lowest BCUT2D eigenvalue weighted by molar-refractivity contribution is -0.139. The van der Waals surface area contributed by atoms with Crippen LogP contribution in [-0.2, 0) is 4.79 Å². The van der Waals surface area contributed by atoms with Gasteiger partial charge in [0.1, 0.15) is 0 Å². The molecule has 1 saturated heterocycles. The largest absolute Gasteiger partial charge is 0.481 e. The van der Waals surface area contributed by atoms with Gasteiger partial charge in [-0.15, -0.1) is 0 Å². The SMILES string of the molecule is CN(C)CCN(C)CC[C@@H]1CN(C(=O)c2ccccc2)CC[C@H]1CC(=O)O. The molecule has 1 fully saturated rings. The molecule has 1 amide bonds. The fraction of sp³-hybridized carbons (Fsp3) is 0.619. The maximum absolute atomic E-state index is 12.8. The minimum atomic E-state index is -0.742. The van der Waals surface area contributed by atoms with E-state index in [1.165, 1.54) is 0 Å². The predicted octanol–water partition coefficient (Wildman–Crippen LogP) is 2.12.